The molecule has 0 aromatic rings. The summed E-state index contributed by atoms with van der Waals surface area (Å²) in [6.07, 6.45) is 6.09. The summed E-state index contributed by atoms with van der Waals surface area (Å²) in [4.78, 5) is 36.0. The molecule has 0 spiro atoms. The van der Waals surface area contributed by atoms with Gasteiger partial charge in [-0.25, -0.2) is 9.59 Å². The lowest BCUT2D eigenvalue weighted by Gasteiger charge is -2.23. The first-order chi connectivity index (χ1) is 14.3. The molecule has 0 aromatic heterocycles. The van der Waals surface area contributed by atoms with Gasteiger partial charge < -0.3 is 24.8 Å². The molecule has 31 heavy (non-hydrogen) atoms. The maximum atomic E-state index is 12.2. The van der Waals surface area contributed by atoms with Crippen LogP contribution in [0.25, 0.3) is 0 Å². The minimum Gasteiger partial charge on any atom is -0.459 e. The van der Waals surface area contributed by atoms with Crippen LogP contribution < -0.4 is 10.6 Å². The molecule has 0 saturated carbocycles. The standard InChI is InChI=1S/C23H44N2O6/c1-8-9-10-11-12-13-14-15-19(26)29-18(16-24-20(27)30-22(2,3)4)17-25-21(28)31-23(5,6)7/h18H,8-17H2,1-7H3,(H,24,27)(H,25,28). The molecule has 0 fully saturated rings. The lowest BCUT2D eigenvalue weighted by Crippen LogP contribution is -2.44. The van der Waals surface area contributed by atoms with Crippen LogP contribution in [0.3, 0.4) is 0 Å². The molecule has 8 heteroatoms. The van der Waals surface area contributed by atoms with Gasteiger partial charge in [-0.2, -0.15) is 0 Å². The van der Waals surface area contributed by atoms with Crippen molar-refractivity contribution in [1.29, 1.82) is 0 Å². The predicted molar refractivity (Wildman–Crippen MR) is 121 cm³/mol. The number of hydrogen-bond acceptors (Lipinski definition) is 6. The average molecular weight is 445 g/mol. The van der Waals surface area contributed by atoms with Gasteiger partial charge >= 0.3 is 18.2 Å². The number of carbonyl (C=O) groups is 3. The summed E-state index contributed by atoms with van der Waals surface area (Å²) in [5.41, 5.74) is -1.27. The van der Waals surface area contributed by atoms with Crippen LogP contribution in [0.1, 0.15) is 99.8 Å². The number of ether oxygens (including phenoxy) is 3. The van der Waals surface area contributed by atoms with Gasteiger partial charge in [-0.05, 0) is 48.0 Å². The van der Waals surface area contributed by atoms with Crippen molar-refractivity contribution in [2.45, 2.75) is 117 Å². The van der Waals surface area contributed by atoms with E-state index in [4.69, 9.17) is 14.2 Å². The lowest BCUT2D eigenvalue weighted by atomic mass is 10.1. The van der Waals surface area contributed by atoms with Gasteiger partial charge in [0.05, 0.1) is 13.1 Å². The monoisotopic (exact) mass is 444 g/mol. The van der Waals surface area contributed by atoms with E-state index in [9.17, 15) is 14.4 Å². The maximum Gasteiger partial charge on any atom is 0.407 e. The predicted octanol–water partition coefficient (Wildman–Crippen LogP) is 5.09. The van der Waals surface area contributed by atoms with E-state index in [0.29, 0.717) is 6.42 Å². The van der Waals surface area contributed by atoms with Crippen LogP contribution in [-0.2, 0) is 19.0 Å². The van der Waals surface area contributed by atoms with Gasteiger partial charge in [0.2, 0.25) is 0 Å². The normalized spacial score (nSPS) is 11.7. The molecule has 0 aliphatic rings. The lowest BCUT2D eigenvalue weighted by molar-refractivity contribution is -0.148. The van der Waals surface area contributed by atoms with Gasteiger partial charge in [-0.15, -0.1) is 0 Å². The van der Waals surface area contributed by atoms with Crippen LogP contribution in [0.15, 0.2) is 0 Å². The van der Waals surface area contributed by atoms with Crippen LogP contribution in [0, 0.1) is 0 Å². The molecular weight excluding hydrogens is 400 g/mol. The van der Waals surface area contributed by atoms with Crippen molar-refractivity contribution in [3.63, 3.8) is 0 Å². The van der Waals surface area contributed by atoms with E-state index in [2.05, 4.69) is 17.6 Å². The third kappa shape index (κ3) is 19.7. The highest BCUT2D eigenvalue weighted by atomic mass is 16.6. The summed E-state index contributed by atoms with van der Waals surface area (Å²) < 4.78 is 15.9. The number of amides is 2. The SMILES string of the molecule is CCCCCCCCCC(=O)OC(CNC(=O)OC(C)(C)C)CNC(=O)OC(C)(C)C. The van der Waals surface area contributed by atoms with Crippen molar-refractivity contribution in [3.05, 3.63) is 0 Å². The van der Waals surface area contributed by atoms with E-state index in [1.165, 1.54) is 25.7 Å². The molecule has 0 aliphatic heterocycles. The molecule has 0 radical (unpaired) electrons. The number of nitrogens with one attached hydrogen (secondary N) is 2. The van der Waals surface area contributed by atoms with Gasteiger partial charge in [-0.1, -0.05) is 45.4 Å². The Kier molecular flexibility index (Phi) is 14.0. The van der Waals surface area contributed by atoms with Crippen molar-refractivity contribution in [1.82, 2.24) is 10.6 Å². The van der Waals surface area contributed by atoms with E-state index in [1.54, 1.807) is 41.5 Å². The number of unbranched alkanes of at least 4 members (excludes halogenated alkanes) is 6. The average Bonchev–Trinajstić information content (AvgIpc) is 2.60. The van der Waals surface area contributed by atoms with E-state index >= 15 is 0 Å². The molecule has 0 rings (SSSR count). The topological polar surface area (TPSA) is 103 Å². The van der Waals surface area contributed by atoms with Crippen LogP contribution >= 0.6 is 0 Å². The van der Waals surface area contributed by atoms with Crippen LogP contribution in [0.2, 0.25) is 0 Å². The Labute approximate surface area is 188 Å². The smallest absolute Gasteiger partial charge is 0.407 e. The Morgan fingerprint density at radius 1 is 0.710 bits per heavy atom. The molecule has 0 unspecified atom stereocenters. The minimum absolute atomic E-state index is 0.0213. The van der Waals surface area contributed by atoms with E-state index in [-0.39, 0.29) is 19.1 Å². The fourth-order valence-corrected chi connectivity index (χ4v) is 2.65. The molecule has 8 nitrogen and oxygen atoms in total. The molecule has 0 saturated heterocycles. The zero-order valence-electron chi connectivity index (χ0n) is 20.6. The zero-order chi connectivity index (χ0) is 23.9. The fraction of sp³-hybridized carbons (Fsp3) is 0.870. The molecule has 182 valence electrons. The quantitative estimate of drug-likeness (QED) is 0.233. The zero-order valence-corrected chi connectivity index (χ0v) is 20.6. The van der Waals surface area contributed by atoms with Gasteiger partial charge in [-0.3, -0.25) is 4.79 Å². The van der Waals surface area contributed by atoms with E-state index < -0.39 is 29.5 Å². The highest BCUT2D eigenvalue weighted by molar-refractivity contribution is 5.70. The summed E-state index contributed by atoms with van der Waals surface area (Å²) in [5, 5.41) is 5.16. The molecule has 0 atom stereocenters. The Balaban J connectivity index is 4.52. The summed E-state index contributed by atoms with van der Waals surface area (Å²) in [7, 11) is 0. The van der Waals surface area contributed by atoms with Crippen LogP contribution in [0.5, 0.6) is 0 Å². The van der Waals surface area contributed by atoms with Crippen LogP contribution in [0.4, 0.5) is 9.59 Å². The first-order valence-electron chi connectivity index (χ1n) is 11.5. The first kappa shape index (κ1) is 29.0. The summed E-state index contributed by atoms with van der Waals surface area (Å²) in [6.45, 7) is 12.8. The Morgan fingerprint density at radius 2 is 1.13 bits per heavy atom. The highest BCUT2D eigenvalue weighted by Gasteiger charge is 2.22. The highest BCUT2D eigenvalue weighted by Crippen LogP contribution is 2.10. The Morgan fingerprint density at radius 3 is 1.55 bits per heavy atom. The number of hydrogen-bond donors (Lipinski definition) is 2. The minimum atomic E-state index is -0.725. The number of carbonyl (C=O) groups excluding carboxylic acids is 3. The van der Waals surface area contributed by atoms with Gasteiger partial charge in [0.1, 0.15) is 17.3 Å². The van der Waals surface area contributed by atoms with Gasteiger partial charge in [0.25, 0.3) is 0 Å². The number of esters is 1. The second kappa shape index (κ2) is 14.9. The second-order valence-electron chi connectivity index (χ2n) is 9.75. The van der Waals surface area contributed by atoms with Crippen molar-refractivity contribution in [2.75, 3.05) is 13.1 Å². The molecule has 0 bridgehead atoms. The van der Waals surface area contributed by atoms with Crippen molar-refractivity contribution < 1.29 is 28.6 Å². The Bertz CT molecular complexity index is 505. The van der Waals surface area contributed by atoms with E-state index in [1.807, 2.05) is 0 Å². The summed E-state index contributed by atoms with van der Waals surface area (Å²) in [5.74, 6) is -0.351. The second-order valence-corrected chi connectivity index (χ2v) is 9.75. The third-order valence-electron chi connectivity index (χ3n) is 4.03. The molecule has 2 amide bonds. The number of alkyl carbamates (subject to hydrolysis) is 2. The molecule has 0 heterocycles. The Hall–Kier alpha value is -1.99. The first-order valence-corrected chi connectivity index (χ1v) is 11.5. The number of rotatable bonds is 13. The maximum absolute atomic E-state index is 12.2. The summed E-state index contributed by atoms with van der Waals surface area (Å²) >= 11 is 0. The molecule has 2 N–H and O–H groups in total. The molecular formula is C23H44N2O6. The van der Waals surface area contributed by atoms with Crippen molar-refractivity contribution in [3.8, 4) is 0 Å². The van der Waals surface area contributed by atoms with E-state index in [0.717, 1.165) is 19.3 Å². The van der Waals surface area contributed by atoms with Crippen LogP contribution in [-0.4, -0.2) is 48.6 Å². The largest absolute Gasteiger partial charge is 0.459 e. The van der Waals surface area contributed by atoms with Crippen molar-refractivity contribution >= 4 is 18.2 Å². The fourth-order valence-electron chi connectivity index (χ4n) is 2.65. The van der Waals surface area contributed by atoms with Gasteiger partial charge in [0.15, 0.2) is 0 Å². The van der Waals surface area contributed by atoms with Crippen molar-refractivity contribution in [2.24, 2.45) is 0 Å². The molecule has 0 aromatic carbocycles. The summed E-state index contributed by atoms with van der Waals surface area (Å²) in [6, 6.07) is 0. The molecule has 0 aliphatic carbocycles. The van der Waals surface area contributed by atoms with Gasteiger partial charge in [0, 0.05) is 6.42 Å². The third-order valence-corrected chi connectivity index (χ3v) is 4.03.